The van der Waals surface area contributed by atoms with Gasteiger partial charge in [-0.1, -0.05) is 11.6 Å². The normalized spacial score (nSPS) is 11.0. The average Bonchev–Trinajstić information content (AvgIpc) is 3.32. The summed E-state index contributed by atoms with van der Waals surface area (Å²) in [5, 5.41) is 10.8. The van der Waals surface area contributed by atoms with Crippen LogP contribution in [0.5, 0.6) is 5.75 Å². The minimum absolute atomic E-state index is 0.0136. The number of ether oxygens (including phenoxy) is 1. The lowest BCUT2D eigenvalue weighted by Gasteiger charge is -2.11. The molecule has 1 aromatic carbocycles. The van der Waals surface area contributed by atoms with Gasteiger partial charge in [0.1, 0.15) is 18.1 Å². The Balaban J connectivity index is 1.61. The summed E-state index contributed by atoms with van der Waals surface area (Å²) >= 11 is 6.29. The van der Waals surface area contributed by atoms with E-state index >= 15 is 0 Å². The minimum Gasteiger partial charge on any atom is -0.497 e. The highest BCUT2D eigenvalue weighted by Gasteiger charge is 2.16. The average molecular weight is 456 g/mol. The van der Waals surface area contributed by atoms with Crippen LogP contribution in [0.2, 0.25) is 5.02 Å². The van der Waals surface area contributed by atoms with E-state index in [1.807, 2.05) is 19.9 Å². The number of anilines is 4. The molecule has 0 atom stereocenters. The molecule has 0 bridgehead atoms. The molecule has 32 heavy (non-hydrogen) atoms. The zero-order chi connectivity index (χ0) is 22.8. The molecule has 11 nitrogen and oxygen atoms in total. The molecule has 0 unspecified atom stereocenters. The van der Waals surface area contributed by atoms with Crippen LogP contribution in [-0.2, 0) is 17.9 Å². The van der Waals surface area contributed by atoms with Crippen molar-refractivity contribution in [3.05, 3.63) is 41.3 Å². The monoisotopic (exact) mass is 455 g/mol. The Bertz CT molecular complexity index is 1300. The number of hydrogen-bond donors (Lipinski definition) is 3. The van der Waals surface area contributed by atoms with Crippen LogP contribution in [-0.4, -0.2) is 42.3 Å². The lowest BCUT2D eigenvalue weighted by molar-refractivity contribution is -0.116. The van der Waals surface area contributed by atoms with E-state index < -0.39 is 0 Å². The molecule has 3 heterocycles. The molecule has 0 saturated carbocycles. The maximum absolute atomic E-state index is 12.7. The van der Waals surface area contributed by atoms with Crippen LogP contribution in [0.1, 0.15) is 12.6 Å². The van der Waals surface area contributed by atoms with E-state index in [0.717, 1.165) is 5.69 Å². The molecule has 4 aromatic rings. The molecule has 0 radical (unpaired) electrons. The number of fused-ring (bicyclic) bond motifs is 1. The molecular formula is C20H22ClN9O2. The van der Waals surface area contributed by atoms with Crippen molar-refractivity contribution in [2.45, 2.75) is 26.9 Å². The molecule has 1 amide bonds. The Morgan fingerprint density at radius 1 is 1.28 bits per heavy atom. The Labute approximate surface area is 188 Å². The third-order valence-corrected chi connectivity index (χ3v) is 5.02. The number of carbonyl (C=O) groups excluding carboxylic acids is 1. The number of benzene rings is 1. The number of carbonyl (C=O) groups is 1. The van der Waals surface area contributed by atoms with E-state index in [-0.39, 0.29) is 18.4 Å². The highest BCUT2D eigenvalue weighted by molar-refractivity contribution is 6.33. The van der Waals surface area contributed by atoms with Crippen molar-refractivity contribution in [2.75, 3.05) is 23.5 Å². The van der Waals surface area contributed by atoms with Crippen LogP contribution < -0.4 is 21.1 Å². The molecule has 12 heteroatoms. The zero-order valence-corrected chi connectivity index (χ0v) is 18.5. The summed E-state index contributed by atoms with van der Waals surface area (Å²) in [6, 6.07) is 7.00. The smallest absolute Gasteiger partial charge is 0.245 e. The fourth-order valence-electron chi connectivity index (χ4n) is 3.24. The molecule has 0 aliphatic rings. The second kappa shape index (κ2) is 8.71. The predicted octanol–water partition coefficient (Wildman–Crippen LogP) is 2.98. The Kier molecular flexibility index (Phi) is 5.82. The highest BCUT2D eigenvalue weighted by atomic mass is 35.5. The van der Waals surface area contributed by atoms with Crippen LogP contribution in [0.25, 0.3) is 11.2 Å². The second-order valence-electron chi connectivity index (χ2n) is 6.98. The summed E-state index contributed by atoms with van der Waals surface area (Å²) < 4.78 is 8.57. The fourth-order valence-corrected chi connectivity index (χ4v) is 3.41. The summed E-state index contributed by atoms with van der Waals surface area (Å²) in [6.45, 7) is 4.45. The topological polar surface area (TPSA) is 138 Å². The fraction of sp³-hybridized carbons (Fsp3) is 0.250. The molecule has 4 rings (SSSR count). The third-order valence-electron chi connectivity index (χ3n) is 4.69. The standard InChI is InChI=1S/C20H22ClN9O2/c1-4-30-15(7-11(2)28-30)25-16(31)9-29-10-23-17-18(26-20(22)27-19(17)29)24-14-8-12(32-3)5-6-13(14)21/h5-8,10H,4,9H2,1-3H3,(H,25,31)(H3,22,24,26,27). The number of amides is 1. The number of imidazole rings is 1. The molecule has 0 saturated heterocycles. The molecule has 0 aliphatic carbocycles. The maximum Gasteiger partial charge on any atom is 0.245 e. The number of nitrogens with zero attached hydrogens (tertiary/aromatic N) is 6. The number of aryl methyl sites for hydroxylation is 2. The number of methoxy groups -OCH3 is 1. The van der Waals surface area contributed by atoms with Gasteiger partial charge in [0.25, 0.3) is 0 Å². The van der Waals surface area contributed by atoms with Gasteiger partial charge >= 0.3 is 0 Å². The van der Waals surface area contributed by atoms with E-state index in [2.05, 4.69) is 30.7 Å². The van der Waals surface area contributed by atoms with Gasteiger partial charge in [-0.25, -0.2) is 9.67 Å². The van der Waals surface area contributed by atoms with Gasteiger partial charge in [0.15, 0.2) is 17.0 Å². The zero-order valence-electron chi connectivity index (χ0n) is 17.8. The van der Waals surface area contributed by atoms with Crippen LogP contribution >= 0.6 is 11.6 Å². The summed E-state index contributed by atoms with van der Waals surface area (Å²) in [5.74, 6) is 1.39. The molecule has 0 spiro atoms. The van der Waals surface area contributed by atoms with Crippen molar-refractivity contribution < 1.29 is 9.53 Å². The number of rotatable bonds is 7. The third kappa shape index (κ3) is 4.28. The number of halogens is 1. The van der Waals surface area contributed by atoms with Gasteiger partial charge in [-0.2, -0.15) is 15.1 Å². The van der Waals surface area contributed by atoms with E-state index in [0.29, 0.717) is 45.8 Å². The van der Waals surface area contributed by atoms with Gasteiger partial charge in [0, 0.05) is 18.7 Å². The maximum atomic E-state index is 12.7. The van der Waals surface area contributed by atoms with E-state index in [4.69, 9.17) is 22.1 Å². The number of aromatic nitrogens is 6. The van der Waals surface area contributed by atoms with E-state index in [1.165, 1.54) is 6.33 Å². The molecule has 0 aliphatic heterocycles. The first-order chi connectivity index (χ1) is 15.4. The summed E-state index contributed by atoms with van der Waals surface area (Å²) in [4.78, 5) is 25.5. The summed E-state index contributed by atoms with van der Waals surface area (Å²) in [5.41, 5.74) is 8.17. The molecule has 0 fully saturated rings. The second-order valence-corrected chi connectivity index (χ2v) is 7.39. The van der Waals surface area contributed by atoms with Gasteiger partial charge in [0.2, 0.25) is 11.9 Å². The van der Waals surface area contributed by atoms with Crippen LogP contribution in [0.3, 0.4) is 0 Å². The first-order valence-electron chi connectivity index (χ1n) is 9.81. The summed E-state index contributed by atoms with van der Waals surface area (Å²) in [6.07, 6.45) is 1.51. The highest BCUT2D eigenvalue weighted by Crippen LogP contribution is 2.31. The van der Waals surface area contributed by atoms with Crippen LogP contribution in [0, 0.1) is 6.92 Å². The van der Waals surface area contributed by atoms with E-state index in [1.54, 1.807) is 34.6 Å². The van der Waals surface area contributed by atoms with Crippen molar-refractivity contribution >= 4 is 51.9 Å². The number of nitrogens with one attached hydrogen (secondary N) is 2. The number of nitrogen functional groups attached to an aromatic ring is 1. The van der Waals surface area contributed by atoms with Gasteiger partial charge in [-0.3, -0.25) is 4.79 Å². The number of hydrogen-bond acceptors (Lipinski definition) is 8. The van der Waals surface area contributed by atoms with Crippen molar-refractivity contribution in [2.24, 2.45) is 0 Å². The predicted molar refractivity (Wildman–Crippen MR) is 122 cm³/mol. The lowest BCUT2D eigenvalue weighted by Crippen LogP contribution is -2.20. The Hall–Kier alpha value is -3.86. The van der Waals surface area contributed by atoms with Gasteiger partial charge in [-0.15, -0.1) is 0 Å². The van der Waals surface area contributed by atoms with Crippen molar-refractivity contribution in [1.29, 1.82) is 0 Å². The van der Waals surface area contributed by atoms with Gasteiger partial charge in [-0.05, 0) is 26.0 Å². The molecule has 166 valence electrons. The largest absolute Gasteiger partial charge is 0.497 e. The number of nitrogens with two attached hydrogens (primary N) is 1. The van der Waals surface area contributed by atoms with Gasteiger partial charge in [0.05, 0.1) is 29.8 Å². The summed E-state index contributed by atoms with van der Waals surface area (Å²) in [7, 11) is 1.56. The molecular weight excluding hydrogens is 434 g/mol. The van der Waals surface area contributed by atoms with Crippen LogP contribution in [0.4, 0.5) is 23.3 Å². The first-order valence-corrected chi connectivity index (χ1v) is 10.2. The quantitative estimate of drug-likeness (QED) is 0.386. The van der Waals surface area contributed by atoms with Crippen molar-refractivity contribution in [3.63, 3.8) is 0 Å². The molecule has 4 N–H and O–H groups in total. The Morgan fingerprint density at radius 3 is 2.84 bits per heavy atom. The molecule has 3 aromatic heterocycles. The van der Waals surface area contributed by atoms with Gasteiger partial charge < -0.3 is 25.7 Å². The van der Waals surface area contributed by atoms with Crippen molar-refractivity contribution in [3.8, 4) is 5.75 Å². The lowest BCUT2D eigenvalue weighted by atomic mass is 10.3. The minimum atomic E-state index is -0.249. The van der Waals surface area contributed by atoms with Crippen molar-refractivity contribution in [1.82, 2.24) is 29.3 Å². The van der Waals surface area contributed by atoms with Crippen LogP contribution in [0.15, 0.2) is 30.6 Å². The van der Waals surface area contributed by atoms with E-state index in [9.17, 15) is 4.79 Å². The first kappa shape index (κ1) is 21.4. The Morgan fingerprint density at radius 2 is 2.09 bits per heavy atom. The SMILES string of the molecule is CCn1nc(C)cc1NC(=O)Cn1cnc2c(Nc3cc(OC)ccc3Cl)nc(N)nc21.